The Bertz CT molecular complexity index is 1060. The van der Waals surface area contributed by atoms with Crippen molar-refractivity contribution in [2.45, 2.75) is 45.2 Å². The van der Waals surface area contributed by atoms with Crippen LogP contribution in [0, 0.1) is 5.92 Å². The molecule has 1 aliphatic rings. The molecule has 1 heterocycles. The van der Waals surface area contributed by atoms with Crippen molar-refractivity contribution in [1.29, 1.82) is 0 Å². The summed E-state index contributed by atoms with van der Waals surface area (Å²) in [7, 11) is 0. The lowest BCUT2D eigenvalue weighted by Crippen LogP contribution is -2.53. The predicted molar refractivity (Wildman–Crippen MR) is 135 cm³/mol. The van der Waals surface area contributed by atoms with Crippen LogP contribution < -0.4 is 26.0 Å². The van der Waals surface area contributed by atoms with Gasteiger partial charge in [0.15, 0.2) is 0 Å². The van der Waals surface area contributed by atoms with E-state index >= 15 is 0 Å². The first-order valence-corrected chi connectivity index (χ1v) is 12.2. The van der Waals surface area contributed by atoms with Crippen LogP contribution in [0.4, 0.5) is 0 Å². The molecule has 0 saturated carbocycles. The SMILES string of the molecule is CC(C)C[C@H]1NC(=O)C[C@@H](C(=O)NCCc2ccccc2)NC(=O)c2ccccc2OCCNC1=O. The molecule has 0 aliphatic carbocycles. The van der Waals surface area contributed by atoms with Crippen molar-refractivity contribution in [1.82, 2.24) is 21.3 Å². The molecule has 2 aromatic carbocycles. The number of benzene rings is 2. The van der Waals surface area contributed by atoms with Crippen molar-refractivity contribution in [3.8, 4) is 5.75 Å². The Morgan fingerprint density at radius 2 is 1.75 bits per heavy atom. The van der Waals surface area contributed by atoms with E-state index in [1.54, 1.807) is 24.3 Å². The molecule has 0 spiro atoms. The van der Waals surface area contributed by atoms with Crippen molar-refractivity contribution < 1.29 is 23.9 Å². The summed E-state index contributed by atoms with van der Waals surface area (Å²) in [5.74, 6) is -1.35. The number of hydrogen-bond donors (Lipinski definition) is 4. The molecule has 0 radical (unpaired) electrons. The molecule has 192 valence electrons. The summed E-state index contributed by atoms with van der Waals surface area (Å²) in [6, 6.07) is 14.4. The lowest BCUT2D eigenvalue weighted by Gasteiger charge is -2.23. The van der Waals surface area contributed by atoms with E-state index in [0.717, 1.165) is 5.56 Å². The maximum Gasteiger partial charge on any atom is 0.255 e. The summed E-state index contributed by atoms with van der Waals surface area (Å²) in [5, 5.41) is 11.0. The second kappa shape index (κ2) is 13.3. The molecule has 2 aromatic rings. The predicted octanol–water partition coefficient (Wildman–Crippen LogP) is 1.57. The number of rotatable bonds is 6. The number of carbonyl (C=O) groups excluding carboxylic acids is 4. The fraction of sp³-hybridized carbons (Fsp3) is 0.407. The van der Waals surface area contributed by atoms with Crippen molar-refractivity contribution in [3.63, 3.8) is 0 Å². The molecule has 4 N–H and O–H groups in total. The Kier molecular flexibility index (Phi) is 9.85. The van der Waals surface area contributed by atoms with Gasteiger partial charge in [0.25, 0.3) is 5.91 Å². The average molecular weight is 495 g/mol. The van der Waals surface area contributed by atoms with Crippen LogP contribution in [-0.2, 0) is 20.8 Å². The van der Waals surface area contributed by atoms with Crippen LogP contribution in [0.5, 0.6) is 5.75 Å². The molecule has 4 amide bonds. The van der Waals surface area contributed by atoms with E-state index < -0.39 is 29.8 Å². The number of fused-ring (bicyclic) bond motifs is 1. The second-order valence-electron chi connectivity index (χ2n) is 9.14. The van der Waals surface area contributed by atoms with Crippen LogP contribution in [0.15, 0.2) is 54.6 Å². The quantitative estimate of drug-likeness (QED) is 0.485. The maximum absolute atomic E-state index is 13.1. The molecule has 9 heteroatoms. The second-order valence-corrected chi connectivity index (χ2v) is 9.14. The van der Waals surface area contributed by atoms with Crippen LogP contribution in [-0.4, -0.2) is 55.4 Å². The fourth-order valence-corrected chi connectivity index (χ4v) is 3.92. The molecular formula is C27H34N4O5. The molecule has 0 unspecified atom stereocenters. The third-order valence-corrected chi connectivity index (χ3v) is 5.72. The Labute approximate surface area is 211 Å². The minimum atomic E-state index is -1.13. The summed E-state index contributed by atoms with van der Waals surface area (Å²) in [5.41, 5.74) is 1.29. The third kappa shape index (κ3) is 8.11. The van der Waals surface area contributed by atoms with E-state index in [1.165, 1.54) is 0 Å². The van der Waals surface area contributed by atoms with E-state index in [4.69, 9.17) is 4.74 Å². The highest BCUT2D eigenvalue weighted by atomic mass is 16.5. The van der Waals surface area contributed by atoms with Crippen LogP contribution in [0.3, 0.4) is 0 Å². The molecule has 3 rings (SSSR count). The topological polar surface area (TPSA) is 126 Å². The number of para-hydroxylation sites is 1. The Hall–Kier alpha value is -3.88. The van der Waals surface area contributed by atoms with Gasteiger partial charge in [-0.3, -0.25) is 19.2 Å². The van der Waals surface area contributed by atoms with E-state index in [9.17, 15) is 19.2 Å². The first-order chi connectivity index (χ1) is 17.3. The number of carbonyl (C=O) groups is 4. The Balaban J connectivity index is 1.79. The van der Waals surface area contributed by atoms with Crippen molar-refractivity contribution in [3.05, 3.63) is 65.7 Å². The first-order valence-electron chi connectivity index (χ1n) is 12.2. The van der Waals surface area contributed by atoms with Gasteiger partial charge in [-0.25, -0.2) is 0 Å². The summed E-state index contributed by atoms with van der Waals surface area (Å²) < 4.78 is 5.73. The molecule has 36 heavy (non-hydrogen) atoms. The van der Waals surface area contributed by atoms with Crippen molar-refractivity contribution in [2.75, 3.05) is 19.7 Å². The number of hydrogen-bond acceptors (Lipinski definition) is 5. The average Bonchev–Trinajstić information content (AvgIpc) is 2.85. The number of ether oxygens (including phenoxy) is 1. The van der Waals surface area contributed by atoms with Gasteiger partial charge in [-0.05, 0) is 36.5 Å². The van der Waals surface area contributed by atoms with Crippen LogP contribution in [0.25, 0.3) is 0 Å². The molecule has 0 saturated heterocycles. The van der Waals surface area contributed by atoms with Gasteiger partial charge in [0.1, 0.15) is 24.4 Å². The minimum absolute atomic E-state index is 0.141. The van der Waals surface area contributed by atoms with E-state index in [2.05, 4.69) is 21.3 Å². The molecule has 2 atom stereocenters. The van der Waals surface area contributed by atoms with Crippen molar-refractivity contribution in [2.24, 2.45) is 5.92 Å². The summed E-state index contributed by atoms with van der Waals surface area (Å²) in [6.45, 7) is 4.60. The fourth-order valence-electron chi connectivity index (χ4n) is 3.92. The standard InChI is InChI=1S/C27H34N4O5/c1-18(2)16-21-26(34)29-14-15-36-23-11-7-6-10-20(23)25(33)31-22(17-24(32)30-21)27(35)28-13-12-19-8-4-3-5-9-19/h3-11,18,21-22H,12-17H2,1-2H3,(H,28,35)(H,29,34)(H,30,32)(H,31,33)/t21-,22+/m1/s1. The molecule has 0 bridgehead atoms. The summed E-state index contributed by atoms with van der Waals surface area (Å²) in [4.78, 5) is 51.7. The third-order valence-electron chi connectivity index (χ3n) is 5.72. The zero-order valence-electron chi connectivity index (χ0n) is 20.7. The highest BCUT2D eigenvalue weighted by molar-refractivity contribution is 6.01. The molecule has 9 nitrogen and oxygen atoms in total. The normalized spacial score (nSPS) is 19.1. The lowest BCUT2D eigenvalue weighted by atomic mass is 10.0. The minimum Gasteiger partial charge on any atom is -0.491 e. The zero-order chi connectivity index (χ0) is 25.9. The molecule has 1 aliphatic heterocycles. The van der Waals surface area contributed by atoms with Gasteiger partial charge in [0.2, 0.25) is 17.7 Å². The van der Waals surface area contributed by atoms with Crippen molar-refractivity contribution >= 4 is 23.6 Å². The van der Waals surface area contributed by atoms with Gasteiger partial charge >= 0.3 is 0 Å². The van der Waals surface area contributed by atoms with E-state index in [-0.39, 0.29) is 37.0 Å². The smallest absolute Gasteiger partial charge is 0.255 e. The van der Waals surface area contributed by atoms with Gasteiger partial charge in [0.05, 0.1) is 18.5 Å². The van der Waals surface area contributed by atoms with Crippen LogP contribution in [0.1, 0.15) is 42.6 Å². The molecule has 0 fully saturated rings. The zero-order valence-corrected chi connectivity index (χ0v) is 20.7. The van der Waals surface area contributed by atoms with Crippen LogP contribution in [0.2, 0.25) is 0 Å². The van der Waals surface area contributed by atoms with Gasteiger partial charge in [-0.2, -0.15) is 0 Å². The highest BCUT2D eigenvalue weighted by Crippen LogP contribution is 2.18. The maximum atomic E-state index is 13.1. The number of amides is 4. The van der Waals surface area contributed by atoms with Gasteiger partial charge < -0.3 is 26.0 Å². The van der Waals surface area contributed by atoms with Gasteiger partial charge in [-0.1, -0.05) is 56.3 Å². The highest BCUT2D eigenvalue weighted by Gasteiger charge is 2.28. The lowest BCUT2D eigenvalue weighted by molar-refractivity contribution is -0.131. The first kappa shape index (κ1) is 26.7. The summed E-state index contributed by atoms with van der Waals surface area (Å²) in [6.07, 6.45) is 0.724. The molecular weight excluding hydrogens is 460 g/mol. The Morgan fingerprint density at radius 3 is 2.50 bits per heavy atom. The number of nitrogens with one attached hydrogen (secondary N) is 4. The van der Waals surface area contributed by atoms with Gasteiger partial charge in [-0.15, -0.1) is 0 Å². The van der Waals surface area contributed by atoms with Gasteiger partial charge in [0, 0.05) is 6.54 Å². The summed E-state index contributed by atoms with van der Waals surface area (Å²) >= 11 is 0. The Morgan fingerprint density at radius 1 is 1.03 bits per heavy atom. The van der Waals surface area contributed by atoms with E-state index in [1.807, 2.05) is 44.2 Å². The molecule has 0 aromatic heterocycles. The largest absolute Gasteiger partial charge is 0.491 e. The monoisotopic (exact) mass is 494 g/mol. The van der Waals surface area contributed by atoms with Crippen LogP contribution >= 0.6 is 0 Å². The van der Waals surface area contributed by atoms with E-state index in [0.29, 0.717) is 25.1 Å².